The number of carboxylic acids is 2. The monoisotopic (exact) mass is 524 g/mol. The molecule has 0 fully saturated rings. The number of nitrogens with zero attached hydrogens (tertiary/aromatic N) is 1. The van der Waals surface area contributed by atoms with Gasteiger partial charge in [-0.2, -0.15) is 0 Å². The van der Waals surface area contributed by atoms with E-state index in [1.54, 1.807) is 18.2 Å². The van der Waals surface area contributed by atoms with Gasteiger partial charge in [-0.05, 0) is 35.9 Å². The molecule has 190 valence electrons. The van der Waals surface area contributed by atoms with Crippen molar-refractivity contribution in [3.63, 3.8) is 0 Å². The van der Waals surface area contributed by atoms with Gasteiger partial charge in [0.2, 0.25) is 6.54 Å². The molecular formula is C25H20N2O9S. The van der Waals surface area contributed by atoms with Gasteiger partial charge in [0.15, 0.2) is 5.43 Å². The van der Waals surface area contributed by atoms with E-state index in [0.29, 0.717) is 22.1 Å². The third-order valence-corrected chi connectivity index (χ3v) is 7.07. The van der Waals surface area contributed by atoms with Crippen molar-refractivity contribution in [2.45, 2.75) is 11.3 Å². The number of nitro groups is 1. The molecule has 0 spiro atoms. The van der Waals surface area contributed by atoms with Crippen LogP contribution >= 0.6 is 11.8 Å². The fourth-order valence-corrected chi connectivity index (χ4v) is 5.29. The quantitative estimate of drug-likeness (QED) is 0.142. The summed E-state index contributed by atoms with van der Waals surface area (Å²) < 4.78 is 6.03. The third kappa shape index (κ3) is 5.10. The van der Waals surface area contributed by atoms with Gasteiger partial charge in [-0.25, -0.2) is 4.79 Å². The number of hydrogen-bond acceptors (Lipinski definition) is 9. The Kier molecular flexibility index (Phi) is 7.14. The fraction of sp³-hybridized carbons (Fsp3) is 0.160. The summed E-state index contributed by atoms with van der Waals surface area (Å²) in [7, 11) is 0. The first-order chi connectivity index (χ1) is 17.6. The molecule has 4 rings (SSSR count). The van der Waals surface area contributed by atoms with Gasteiger partial charge in [0.05, 0.1) is 11.1 Å². The maximum atomic E-state index is 12.1. The molecule has 0 saturated carbocycles. The Morgan fingerprint density at radius 1 is 1.08 bits per heavy atom. The van der Waals surface area contributed by atoms with Crippen LogP contribution in [0.5, 0.6) is 5.75 Å². The van der Waals surface area contributed by atoms with E-state index in [9.17, 15) is 34.7 Å². The van der Waals surface area contributed by atoms with E-state index < -0.39 is 40.1 Å². The van der Waals surface area contributed by atoms with Crippen molar-refractivity contribution < 1.29 is 34.2 Å². The van der Waals surface area contributed by atoms with Gasteiger partial charge in [0.1, 0.15) is 28.4 Å². The number of aromatic carboxylic acids is 1. The fourth-order valence-electron chi connectivity index (χ4n) is 4.09. The molecule has 2 aliphatic rings. The van der Waals surface area contributed by atoms with E-state index in [1.165, 1.54) is 36.4 Å². The third-order valence-electron chi connectivity index (χ3n) is 5.73. The van der Waals surface area contributed by atoms with Crippen molar-refractivity contribution in [3.8, 4) is 28.2 Å². The predicted molar refractivity (Wildman–Crippen MR) is 136 cm³/mol. The van der Waals surface area contributed by atoms with Crippen molar-refractivity contribution in [1.29, 1.82) is 0 Å². The van der Waals surface area contributed by atoms with Crippen LogP contribution in [0.25, 0.3) is 33.4 Å². The van der Waals surface area contributed by atoms with Crippen molar-refractivity contribution in [1.82, 2.24) is 0 Å². The molecule has 1 heterocycles. The zero-order chi connectivity index (χ0) is 26.9. The summed E-state index contributed by atoms with van der Waals surface area (Å²) in [5.41, 5.74) is 6.30. The zero-order valence-corrected chi connectivity index (χ0v) is 19.8. The van der Waals surface area contributed by atoms with Crippen molar-refractivity contribution >= 4 is 34.7 Å². The van der Waals surface area contributed by atoms with Gasteiger partial charge in [-0.15, -0.1) is 11.8 Å². The molecule has 2 aromatic rings. The minimum atomic E-state index is -1.31. The summed E-state index contributed by atoms with van der Waals surface area (Å²) in [6.45, 7) is -0.695. The molecule has 1 aliphatic carbocycles. The molecule has 2 aromatic carbocycles. The number of fused-ring (bicyclic) bond motifs is 2. The Labute approximate surface area is 212 Å². The highest BCUT2D eigenvalue weighted by atomic mass is 32.2. The maximum Gasteiger partial charge on any atom is 0.336 e. The Balaban J connectivity index is 2.07. The van der Waals surface area contributed by atoms with Gasteiger partial charge in [0.25, 0.3) is 0 Å². The highest BCUT2D eigenvalue weighted by molar-refractivity contribution is 7.99. The number of nitrogens with two attached hydrogens (primary N) is 1. The van der Waals surface area contributed by atoms with E-state index >= 15 is 0 Å². The first-order valence-corrected chi connectivity index (χ1v) is 11.9. The average molecular weight is 525 g/mol. The molecule has 1 aliphatic heterocycles. The maximum absolute atomic E-state index is 12.1. The summed E-state index contributed by atoms with van der Waals surface area (Å²) in [5.74, 6) is -2.96. The molecule has 0 amide bonds. The minimum absolute atomic E-state index is 0.00321. The molecule has 12 heteroatoms. The molecule has 0 radical (unpaired) electrons. The lowest BCUT2D eigenvalue weighted by Gasteiger charge is -2.21. The molecule has 2 atom stereocenters. The van der Waals surface area contributed by atoms with E-state index in [-0.39, 0.29) is 34.0 Å². The molecule has 37 heavy (non-hydrogen) atoms. The first-order valence-electron chi connectivity index (χ1n) is 10.9. The van der Waals surface area contributed by atoms with Crippen LogP contribution in [0.1, 0.15) is 21.2 Å². The molecule has 2 unspecified atom stereocenters. The number of thioether (sulfide) groups is 1. The first kappa shape index (κ1) is 25.7. The lowest BCUT2D eigenvalue weighted by molar-refractivity contribution is -0.479. The number of rotatable bonds is 9. The Hall–Kier alpha value is -4.42. The van der Waals surface area contributed by atoms with E-state index in [2.05, 4.69) is 0 Å². The van der Waals surface area contributed by atoms with E-state index in [4.69, 9.17) is 15.3 Å². The number of carbonyl (C=O) groups is 2. The largest absolute Gasteiger partial charge is 0.507 e. The Bertz CT molecular complexity index is 1570. The van der Waals surface area contributed by atoms with Crippen LogP contribution in [0.3, 0.4) is 0 Å². The van der Waals surface area contributed by atoms with Gasteiger partial charge >= 0.3 is 11.9 Å². The molecule has 0 aromatic heterocycles. The van der Waals surface area contributed by atoms with Gasteiger partial charge in [-0.3, -0.25) is 19.7 Å². The number of carboxylic acid groups (broad SMARTS) is 2. The summed E-state index contributed by atoms with van der Waals surface area (Å²) in [6, 6.07) is 11.7. The van der Waals surface area contributed by atoms with Crippen molar-refractivity contribution in [2.24, 2.45) is 5.73 Å². The summed E-state index contributed by atoms with van der Waals surface area (Å²) in [5, 5.41) is 40.5. The highest BCUT2D eigenvalue weighted by Gasteiger charge is 2.30. The predicted octanol–water partition coefficient (Wildman–Crippen LogP) is 3.43. The number of aromatic hydroxyl groups is 1. The van der Waals surface area contributed by atoms with Crippen LogP contribution in [-0.4, -0.2) is 50.5 Å². The molecule has 0 bridgehead atoms. The van der Waals surface area contributed by atoms with Gasteiger partial charge < -0.3 is 25.5 Å². The number of benzene rings is 3. The molecule has 11 nitrogen and oxygen atoms in total. The Morgan fingerprint density at radius 3 is 2.49 bits per heavy atom. The number of aliphatic carboxylic acids is 1. The van der Waals surface area contributed by atoms with Crippen LogP contribution in [0.2, 0.25) is 0 Å². The summed E-state index contributed by atoms with van der Waals surface area (Å²) in [6.07, 6.45) is 0. The van der Waals surface area contributed by atoms with Crippen LogP contribution < -0.4 is 11.2 Å². The topological polar surface area (TPSA) is 194 Å². The lowest BCUT2D eigenvalue weighted by atomic mass is 9.89. The van der Waals surface area contributed by atoms with Crippen LogP contribution in [-0.2, 0) is 4.79 Å². The molecule has 5 N–H and O–H groups in total. The van der Waals surface area contributed by atoms with Gasteiger partial charge in [-0.1, -0.05) is 18.2 Å². The second-order valence-corrected chi connectivity index (χ2v) is 9.38. The molecule has 0 saturated heterocycles. The number of hydrogen-bond donors (Lipinski definition) is 4. The minimum Gasteiger partial charge on any atom is -0.507 e. The smallest absolute Gasteiger partial charge is 0.336 e. The summed E-state index contributed by atoms with van der Waals surface area (Å²) in [4.78, 5) is 46.3. The molecular weight excluding hydrogens is 504 g/mol. The standard InChI is InChI=1S/C25H20N2O9S/c26-17(25(32)33)11-37-20(10-27(34)35)22-18(29)8-7-16-21(13-3-1-2-4-14(13)24(30)31)15-6-5-12(28)9-19(15)36-23(16)22/h1-9,17,20,29H,10-11,26H2,(H,30,31)(H,32,33). The van der Waals surface area contributed by atoms with E-state index in [1.807, 2.05) is 0 Å². The lowest BCUT2D eigenvalue weighted by Crippen LogP contribution is -2.33. The normalized spacial score (nSPS) is 12.9. The zero-order valence-electron chi connectivity index (χ0n) is 19.0. The Morgan fingerprint density at radius 2 is 1.81 bits per heavy atom. The number of phenols is 1. The van der Waals surface area contributed by atoms with Crippen LogP contribution in [0.15, 0.2) is 63.8 Å². The second-order valence-electron chi connectivity index (χ2n) is 8.14. The SMILES string of the molecule is NC(CSC(C[N+](=O)[O-])c1c(O)ccc2c(-c3ccccc3C(=O)O)c3ccc(=O)cc-3oc12)C(=O)O. The van der Waals surface area contributed by atoms with Crippen LogP contribution in [0, 0.1) is 10.1 Å². The van der Waals surface area contributed by atoms with Crippen molar-refractivity contribution in [2.75, 3.05) is 12.3 Å². The van der Waals surface area contributed by atoms with Gasteiger partial charge in [0, 0.05) is 33.3 Å². The number of phenolic OH excluding ortho intramolecular Hbond substituents is 1. The van der Waals surface area contributed by atoms with Crippen molar-refractivity contribution in [3.05, 3.63) is 86.1 Å². The second kappa shape index (κ2) is 10.3. The highest BCUT2D eigenvalue weighted by Crippen LogP contribution is 2.47. The van der Waals surface area contributed by atoms with E-state index in [0.717, 1.165) is 11.8 Å². The van der Waals surface area contributed by atoms with Crippen LogP contribution in [0.4, 0.5) is 0 Å². The summed E-state index contributed by atoms with van der Waals surface area (Å²) >= 11 is 0.863. The average Bonchev–Trinajstić information content (AvgIpc) is 2.84.